The van der Waals surface area contributed by atoms with Gasteiger partial charge in [-0.2, -0.15) is 13.2 Å². The molecule has 0 spiro atoms. The zero-order valence-electron chi connectivity index (χ0n) is 10.1. The first kappa shape index (κ1) is 15.6. The number of ketones is 1. The van der Waals surface area contributed by atoms with Crippen molar-refractivity contribution in [2.24, 2.45) is 0 Å². The molecule has 0 fully saturated rings. The van der Waals surface area contributed by atoms with Crippen LogP contribution in [0.4, 0.5) is 22.0 Å². The molecule has 0 aliphatic carbocycles. The van der Waals surface area contributed by atoms with Crippen LogP contribution in [0.15, 0.2) is 40.9 Å². The van der Waals surface area contributed by atoms with Crippen LogP contribution in [0.1, 0.15) is 21.5 Å². The molecule has 0 aromatic heterocycles. The Morgan fingerprint density at radius 1 is 0.905 bits per heavy atom. The maximum absolute atomic E-state index is 13.6. The van der Waals surface area contributed by atoms with E-state index in [1.54, 1.807) is 0 Å². The van der Waals surface area contributed by atoms with Crippen LogP contribution in [0, 0.1) is 11.6 Å². The Hall–Kier alpha value is -1.76. The van der Waals surface area contributed by atoms with Crippen LogP contribution in [-0.2, 0) is 6.18 Å². The van der Waals surface area contributed by atoms with Crippen molar-refractivity contribution >= 4 is 21.7 Å². The smallest absolute Gasteiger partial charge is 0.288 e. The largest absolute Gasteiger partial charge is 0.416 e. The molecule has 7 heteroatoms. The molecule has 0 aliphatic rings. The second-order valence-electron chi connectivity index (χ2n) is 4.15. The number of benzene rings is 2. The van der Waals surface area contributed by atoms with Crippen LogP contribution < -0.4 is 0 Å². The molecule has 0 bridgehead atoms. The Morgan fingerprint density at radius 2 is 1.43 bits per heavy atom. The van der Waals surface area contributed by atoms with E-state index in [2.05, 4.69) is 15.9 Å². The Morgan fingerprint density at radius 3 is 2.00 bits per heavy atom. The summed E-state index contributed by atoms with van der Waals surface area (Å²) in [5.74, 6) is -3.25. The molecule has 2 aromatic rings. The first-order valence-electron chi connectivity index (χ1n) is 5.56. The summed E-state index contributed by atoms with van der Waals surface area (Å²) in [6.45, 7) is 0. The molecule has 1 nitrogen and oxygen atoms in total. The van der Waals surface area contributed by atoms with Gasteiger partial charge in [0.15, 0.2) is 5.78 Å². The molecule has 0 heterocycles. The second-order valence-corrected chi connectivity index (χ2v) is 5.06. The van der Waals surface area contributed by atoms with E-state index in [1.165, 1.54) is 6.07 Å². The minimum atomic E-state index is -4.72. The number of carbonyl (C=O) groups excluding carboxylic acids is 1. The summed E-state index contributed by atoms with van der Waals surface area (Å²) in [4.78, 5) is 12.1. The number of rotatable bonds is 2. The number of carbonyl (C=O) groups is 1. The molecular weight excluding hydrogens is 359 g/mol. The fraction of sp³-hybridized carbons (Fsp3) is 0.0714. The number of halogens is 6. The summed E-state index contributed by atoms with van der Waals surface area (Å²) in [6, 6.07) is 4.78. The minimum absolute atomic E-state index is 0.347. The third-order valence-corrected chi connectivity index (χ3v) is 3.20. The Kier molecular flexibility index (Phi) is 4.13. The highest BCUT2D eigenvalue weighted by molar-refractivity contribution is 9.10. The SMILES string of the molecule is O=C(c1cc(Br)ccc1F)c1cc(C(F)(F)F)ccc1F. The van der Waals surface area contributed by atoms with Gasteiger partial charge in [0.25, 0.3) is 0 Å². The van der Waals surface area contributed by atoms with Gasteiger partial charge in [-0.15, -0.1) is 0 Å². The predicted molar refractivity (Wildman–Crippen MR) is 68.9 cm³/mol. The van der Waals surface area contributed by atoms with E-state index in [0.717, 1.165) is 12.1 Å². The first-order valence-corrected chi connectivity index (χ1v) is 6.36. The highest BCUT2D eigenvalue weighted by atomic mass is 79.9. The van der Waals surface area contributed by atoms with Gasteiger partial charge in [0.05, 0.1) is 16.7 Å². The van der Waals surface area contributed by atoms with E-state index in [-0.39, 0.29) is 0 Å². The highest BCUT2D eigenvalue weighted by Crippen LogP contribution is 2.31. The molecule has 110 valence electrons. The van der Waals surface area contributed by atoms with E-state index in [1.807, 2.05) is 0 Å². The van der Waals surface area contributed by atoms with Crippen molar-refractivity contribution in [3.05, 3.63) is 69.2 Å². The van der Waals surface area contributed by atoms with Crippen LogP contribution in [0.25, 0.3) is 0 Å². The van der Waals surface area contributed by atoms with Gasteiger partial charge in [0.1, 0.15) is 11.6 Å². The van der Waals surface area contributed by atoms with Crippen LogP contribution in [0.5, 0.6) is 0 Å². The monoisotopic (exact) mass is 364 g/mol. The topological polar surface area (TPSA) is 17.1 Å². The van der Waals surface area contributed by atoms with Gasteiger partial charge >= 0.3 is 6.18 Å². The lowest BCUT2D eigenvalue weighted by Gasteiger charge is -2.10. The minimum Gasteiger partial charge on any atom is -0.288 e. The Balaban J connectivity index is 2.55. The van der Waals surface area contributed by atoms with Crippen molar-refractivity contribution in [2.75, 3.05) is 0 Å². The maximum Gasteiger partial charge on any atom is 0.416 e. The lowest BCUT2D eigenvalue weighted by atomic mass is 10.00. The highest BCUT2D eigenvalue weighted by Gasteiger charge is 2.32. The molecule has 0 radical (unpaired) electrons. The maximum atomic E-state index is 13.6. The van der Waals surface area contributed by atoms with Crippen molar-refractivity contribution in [3.63, 3.8) is 0 Å². The van der Waals surface area contributed by atoms with Gasteiger partial charge in [-0.1, -0.05) is 15.9 Å². The molecule has 0 amide bonds. The Labute approximate surface area is 124 Å². The van der Waals surface area contributed by atoms with Crippen molar-refractivity contribution in [1.29, 1.82) is 0 Å². The van der Waals surface area contributed by atoms with Gasteiger partial charge in [-0.05, 0) is 36.4 Å². The number of hydrogen-bond donors (Lipinski definition) is 0. The summed E-state index contributed by atoms with van der Waals surface area (Å²) in [5.41, 5.74) is -2.52. The summed E-state index contributed by atoms with van der Waals surface area (Å²) < 4.78 is 65.3. The number of alkyl halides is 3. The van der Waals surface area contributed by atoms with Gasteiger partial charge in [0, 0.05) is 4.47 Å². The first-order chi connectivity index (χ1) is 9.70. The molecule has 21 heavy (non-hydrogen) atoms. The summed E-state index contributed by atoms with van der Waals surface area (Å²) in [7, 11) is 0. The number of hydrogen-bond acceptors (Lipinski definition) is 1. The fourth-order valence-corrected chi connectivity index (χ4v) is 2.05. The van der Waals surface area contributed by atoms with E-state index in [0.29, 0.717) is 22.7 Å². The van der Waals surface area contributed by atoms with Gasteiger partial charge < -0.3 is 0 Å². The lowest BCUT2D eigenvalue weighted by molar-refractivity contribution is -0.137. The molecule has 0 N–H and O–H groups in total. The van der Waals surface area contributed by atoms with Crippen molar-refractivity contribution in [3.8, 4) is 0 Å². The Bertz CT molecular complexity index is 709. The molecule has 0 saturated heterocycles. The third-order valence-electron chi connectivity index (χ3n) is 2.71. The average Bonchev–Trinajstić information content (AvgIpc) is 2.40. The van der Waals surface area contributed by atoms with Gasteiger partial charge in [-0.3, -0.25) is 4.79 Å². The van der Waals surface area contributed by atoms with Gasteiger partial charge in [-0.25, -0.2) is 8.78 Å². The van der Waals surface area contributed by atoms with Crippen LogP contribution >= 0.6 is 15.9 Å². The van der Waals surface area contributed by atoms with Crippen molar-refractivity contribution in [2.45, 2.75) is 6.18 Å². The lowest BCUT2D eigenvalue weighted by Crippen LogP contribution is -2.11. The standard InChI is InChI=1S/C14H6BrF5O/c15-8-2-4-12(17)10(6-8)13(21)9-5-7(14(18,19)20)1-3-11(9)16/h1-6H. The van der Waals surface area contributed by atoms with E-state index in [9.17, 15) is 26.7 Å². The molecule has 2 aromatic carbocycles. The zero-order chi connectivity index (χ0) is 15.8. The van der Waals surface area contributed by atoms with E-state index in [4.69, 9.17) is 0 Å². The second kappa shape index (κ2) is 5.55. The predicted octanol–water partition coefficient (Wildman–Crippen LogP) is 4.98. The van der Waals surface area contributed by atoms with Crippen molar-refractivity contribution in [1.82, 2.24) is 0 Å². The van der Waals surface area contributed by atoms with E-state index < -0.39 is 40.3 Å². The van der Waals surface area contributed by atoms with Crippen LogP contribution in [0.3, 0.4) is 0 Å². The third kappa shape index (κ3) is 3.29. The summed E-state index contributed by atoms with van der Waals surface area (Å²) in [6.07, 6.45) is -4.72. The molecule has 0 unspecified atom stereocenters. The molecule has 2 rings (SSSR count). The molecule has 0 saturated carbocycles. The van der Waals surface area contributed by atoms with E-state index >= 15 is 0 Å². The van der Waals surface area contributed by atoms with Crippen LogP contribution in [-0.4, -0.2) is 5.78 Å². The average molecular weight is 365 g/mol. The quantitative estimate of drug-likeness (QED) is 0.542. The zero-order valence-corrected chi connectivity index (χ0v) is 11.7. The van der Waals surface area contributed by atoms with Crippen molar-refractivity contribution < 1.29 is 26.7 Å². The van der Waals surface area contributed by atoms with Crippen LogP contribution in [0.2, 0.25) is 0 Å². The fourth-order valence-electron chi connectivity index (χ4n) is 1.69. The molecule has 0 aliphatic heterocycles. The normalized spacial score (nSPS) is 11.5. The molecular formula is C14H6BrF5O. The summed E-state index contributed by atoms with van der Waals surface area (Å²) >= 11 is 3.01. The van der Waals surface area contributed by atoms with Gasteiger partial charge in [0.2, 0.25) is 0 Å². The summed E-state index contributed by atoms with van der Waals surface area (Å²) in [5, 5.41) is 0. The molecule has 0 atom stereocenters.